The smallest absolute Gasteiger partial charge is 0.214 e. The molecule has 4 nitrogen and oxygen atoms in total. The van der Waals surface area contributed by atoms with Crippen LogP contribution in [-0.2, 0) is 12.4 Å². The van der Waals surface area contributed by atoms with E-state index in [2.05, 4.69) is 25.9 Å². The van der Waals surface area contributed by atoms with Crippen LogP contribution in [0.5, 0.6) is 0 Å². The van der Waals surface area contributed by atoms with E-state index in [0.717, 1.165) is 11.3 Å². The summed E-state index contributed by atoms with van der Waals surface area (Å²) in [5, 5.41) is 0. The number of imidazole rings is 1. The van der Waals surface area contributed by atoms with Gasteiger partial charge in [0.05, 0.1) is 27.6 Å². The summed E-state index contributed by atoms with van der Waals surface area (Å²) in [6.45, 7) is 2.24. The lowest BCUT2D eigenvalue weighted by atomic mass is 10.3. The Morgan fingerprint density at radius 2 is 2.25 bits per heavy atom. The lowest BCUT2D eigenvalue weighted by molar-refractivity contribution is 0.457. The van der Waals surface area contributed by atoms with E-state index in [1.165, 1.54) is 6.07 Å². The average molecular weight is 359 g/mol. The zero-order valence-corrected chi connectivity index (χ0v) is 12.9. The molecule has 0 spiro atoms. The Bertz CT molecular complexity index is 783. The maximum atomic E-state index is 13.6. The maximum Gasteiger partial charge on any atom is 0.214 e. The number of benzene rings is 1. The normalized spacial score (nSPS) is 11.4. The molecule has 0 radical (unpaired) electrons. The Hall–Kier alpha value is -1.40. The van der Waals surface area contributed by atoms with Crippen LogP contribution in [0.3, 0.4) is 0 Å². The quantitative estimate of drug-likeness (QED) is 0.664. The van der Waals surface area contributed by atoms with Gasteiger partial charge < -0.3 is 8.98 Å². The third-order valence-corrected chi connectivity index (χ3v) is 3.80. The van der Waals surface area contributed by atoms with E-state index in [9.17, 15) is 4.39 Å². The van der Waals surface area contributed by atoms with Crippen molar-refractivity contribution in [3.05, 3.63) is 46.1 Å². The Labute approximate surface area is 127 Å². The van der Waals surface area contributed by atoms with E-state index in [1.807, 2.05) is 11.5 Å². The van der Waals surface area contributed by atoms with E-state index in [0.29, 0.717) is 28.2 Å². The Balaban J connectivity index is 2.14. The van der Waals surface area contributed by atoms with Gasteiger partial charge in [0.25, 0.3) is 0 Å². The number of hydrogen-bond acceptors (Lipinski definition) is 3. The molecule has 3 aromatic rings. The van der Waals surface area contributed by atoms with Crippen molar-refractivity contribution < 1.29 is 8.81 Å². The second-order valence-corrected chi connectivity index (χ2v) is 5.49. The zero-order valence-electron chi connectivity index (χ0n) is 10.5. The highest BCUT2D eigenvalue weighted by atomic mass is 79.9. The number of aryl methyl sites for hydroxylation is 1. The summed E-state index contributed by atoms with van der Waals surface area (Å²) < 4.78 is 21.3. The van der Waals surface area contributed by atoms with Crippen LogP contribution in [0.2, 0.25) is 0 Å². The molecule has 0 atom stereocenters. The molecule has 0 amide bonds. The third kappa shape index (κ3) is 2.33. The number of fused-ring (bicyclic) bond motifs is 1. The van der Waals surface area contributed by atoms with Crippen LogP contribution in [0.15, 0.2) is 27.2 Å². The number of nitrogens with zero attached hydrogens (tertiary/aromatic N) is 3. The second-order valence-electron chi connectivity index (χ2n) is 4.37. The maximum absolute atomic E-state index is 13.6. The van der Waals surface area contributed by atoms with Crippen LogP contribution in [0.1, 0.15) is 17.5 Å². The molecule has 0 bridgehead atoms. The fraction of sp³-hybridized carbons (Fsp3) is 0.231. The molecule has 2 heterocycles. The summed E-state index contributed by atoms with van der Waals surface area (Å²) in [5.41, 5.74) is 1.34. The number of alkyl halides is 1. The highest BCUT2D eigenvalue weighted by Crippen LogP contribution is 2.25. The van der Waals surface area contributed by atoms with Crippen molar-refractivity contribution in [1.82, 2.24) is 14.5 Å². The lowest BCUT2D eigenvalue weighted by Crippen LogP contribution is -2.04. The highest BCUT2D eigenvalue weighted by Gasteiger charge is 2.15. The molecule has 0 N–H and O–H groups in total. The van der Waals surface area contributed by atoms with Gasteiger partial charge in [-0.1, -0.05) is 0 Å². The van der Waals surface area contributed by atoms with Crippen molar-refractivity contribution in [2.75, 3.05) is 0 Å². The minimum atomic E-state index is -0.352. The van der Waals surface area contributed by atoms with E-state index in [4.69, 9.17) is 16.0 Å². The van der Waals surface area contributed by atoms with E-state index < -0.39 is 0 Å². The average Bonchev–Trinajstić information content (AvgIpc) is 2.96. The first kappa shape index (κ1) is 13.6. The van der Waals surface area contributed by atoms with Gasteiger partial charge in [0.1, 0.15) is 23.9 Å². The molecule has 0 fully saturated rings. The predicted octanol–water partition coefficient (Wildman–Crippen LogP) is 4.02. The van der Waals surface area contributed by atoms with Gasteiger partial charge >= 0.3 is 0 Å². The fourth-order valence-electron chi connectivity index (χ4n) is 2.06. The number of halogens is 3. The van der Waals surface area contributed by atoms with Crippen molar-refractivity contribution in [2.24, 2.45) is 0 Å². The number of hydrogen-bond donors (Lipinski definition) is 0. The molecule has 2 aromatic heterocycles. The summed E-state index contributed by atoms with van der Waals surface area (Å²) in [6, 6.07) is 3.07. The lowest BCUT2D eigenvalue weighted by Gasteiger charge is -2.05. The minimum absolute atomic E-state index is 0.230. The first-order valence-corrected chi connectivity index (χ1v) is 7.22. The van der Waals surface area contributed by atoms with Gasteiger partial charge in [0, 0.05) is 6.07 Å². The van der Waals surface area contributed by atoms with Crippen molar-refractivity contribution in [3.63, 3.8) is 0 Å². The summed E-state index contributed by atoms with van der Waals surface area (Å²) in [5.74, 6) is 1.83. The van der Waals surface area contributed by atoms with Gasteiger partial charge in [-0.25, -0.2) is 14.4 Å². The molecule has 20 heavy (non-hydrogen) atoms. The summed E-state index contributed by atoms with van der Waals surface area (Å²) in [4.78, 5) is 8.51. The number of oxazole rings is 1. The SMILES string of the molecule is Cc1cnc(Cn2c(CCl)nc3cc(F)c(Br)cc32)o1. The van der Waals surface area contributed by atoms with Crippen molar-refractivity contribution in [1.29, 1.82) is 0 Å². The van der Waals surface area contributed by atoms with E-state index in [1.54, 1.807) is 12.3 Å². The minimum Gasteiger partial charge on any atom is -0.444 e. The van der Waals surface area contributed by atoms with Crippen LogP contribution < -0.4 is 0 Å². The molecule has 3 rings (SSSR count). The van der Waals surface area contributed by atoms with Gasteiger partial charge in [0.15, 0.2) is 0 Å². The van der Waals surface area contributed by atoms with E-state index >= 15 is 0 Å². The van der Waals surface area contributed by atoms with Crippen LogP contribution in [-0.4, -0.2) is 14.5 Å². The number of rotatable bonds is 3. The Kier molecular flexibility index (Phi) is 3.52. The summed E-state index contributed by atoms with van der Waals surface area (Å²) in [6.07, 6.45) is 1.66. The predicted molar refractivity (Wildman–Crippen MR) is 77.3 cm³/mol. The second kappa shape index (κ2) is 5.18. The Morgan fingerprint density at radius 1 is 1.45 bits per heavy atom. The fourth-order valence-corrected chi connectivity index (χ4v) is 2.59. The summed E-state index contributed by atoms with van der Waals surface area (Å²) in [7, 11) is 0. The highest BCUT2D eigenvalue weighted by molar-refractivity contribution is 9.10. The molecule has 0 aliphatic rings. The van der Waals surface area contributed by atoms with Gasteiger partial charge in [-0.15, -0.1) is 11.6 Å². The molecule has 0 saturated carbocycles. The molecule has 0 unspecified atom stereocenters. The Morgan fingerprint density at radius 3 is 2.90 bits per heavy atom. The topological polar surface area (TPSA) is 43.9 Å². The third-order valence-electron chi connectivity index (χ3n) is 2.95. The molecule has 104 valence electrons. The summed E-state index contributed by atoms with van der Waals surface area (Å²) >= 11 is 9.10. The van der Waals surface area contributed by atoms with Gasteiger partial charge in [-0.3, -0.25) is 0 Å². The van der Waals surface area contributed by atoms with Crippen LogP contribution >= 0.6 is 27.5 Å². The number of aromatic nitrogens is 3. The first-order valence-electron chi connectivity index (χ1n) is 5.90. The molecule has 0 saturated heterocycles. The van der Waals surface area contributed by atoms with Crippen LogP contribution in [0, 0.1) is 12.7 Å². The van der Waals surface area contributed by atoms with Crippen LogP contribution in [0.4, 0.5) is 4.39 Å². The standard InChI is InChI=1S/C13H10BrClFN3O/c1-7-5-17-13(20-7)6-19-11-2-8(14)9(16)3-10(11)18-12(19)4-15/h2-3,5H,4,6H2,1H3. The zero-order chi connectivity index (χ0) is 14.3. The largest absolute Gasteiger partial charge is 0.444 e. The monoisotopic (exact) mass is 357 g/mol. The van der Waals surface area contributed by atoms with Crippen molar-refractivity contribution in [2.45, 2.75) is 19.3 Å². The van der Waals surface area contributed by atoms with Gasteiger partial charge in [-0.05, 0) is 28.9 Å². The van der Waals surface area contributed by atoms with Gasteiger partial charge in [-0.2, -0.15) is 0 Å². The molecule has 0 aliphatic carbocycles. The van der Waals surface area contributed by atoms with Crippen LogP contribution in [0.25, 0.3) is 11.0 Å². The molecular formula is C13H10BrClFN3O. The molecule has 7 heteroatoms. The molecule has 0 aliphatic heterocycles. The van der Waals surface area contributed by atoms with Crippen molar-refractivity contribution in [3.8, 4) is 0 Å². The first-order chi connectivity index (χ1) is 9.58. The molecule has 1 aromatic carbocycles. The van der Waals surface area contributed by atoms with E-state index in [-0.39, 0.29) is 11.7 Å². The molecular weight excluding hydrogens is 349 g/mol. The van der Waals surface area contributed by atoms with Crippen molar-refractivity contribution >= 4 is 38.6 Å². The van der Waals surface area contributed by atoms with Gasteiger partial charge in [0.2, 0.25) is 5.89 Å².